The quantitative estimate of drug-likeness (QED) is 0.254. The predicted octanol–water partition coefficient (Wildman–Crippen LogP) is 4.46. The van der Waals surface area contributed by atoms with E-state index >= 15 is 0 Å². The van der Waals surface area contributed by atoms with Crippen molar-refractivity contribution < 1.29 is 14.3 Å². The second-order valence-corrected chi connectivity index (χ2v) is 10.4. The van der Waals surface area contributed by atoms with Gasteiger partial charge in [0.15, 0.2) is 5.16 Å². The molecule has 1 N–H and O–H groups in total. The summed E-state index contributed by atoms with van der Waals surface area (Å²) in [6.07, 6.45) is 1.71. The van der Waals surface area contributed by atoms with Crippen LogP contribution in [0.3, 0.4) is 0 Å². The van der Waals surface area contributed by atoms with Gasteiger partial charge >= 0.3 is 5.97 Å². The van der Waals surface area contributed by atoms with Crippen LogP contribution in [0.4, 0.5) is 0 Å². The van der Waals surface area contributed by atoms with Crippen LogP contribution in [-0.4, -0.2) is 39.8 Å². The summed E-state index contributed by atoms with van der Waals surface area (Å²) in [5.41, 5.74) is 1.78. The van der Waals surface area contributed by atoms with Crippen LogP contribution in [0, 0.1) is 5.92 Å². The standard InChI is InChI=1S/C27H33N3O4S/c1-17(2)16-30-25(32)22-14-13-21(26(33)34-5)15-23(22)29-27(30)35-19(4)24(31)28-18(3)11-12-20-9-7-6-8-10-20/h6-10,13-15,17-19H,11-12,16H2,1-5H3,(H,28,31). The van der Waals surface area contributed by atoms with Crippen molar-refractivity contribution in [3.63, 3.8) is 0 Å². The van der Waals surface area contributed by atoms with Crippen LogP contribution >= 0.6 is 11.8 Å². The molecule has 1 aromatic heterocycles. The molecule has 0 spiro atoms. The van der Waals surface area contributed by atoms with E-state index in [0.29, 0.717) is 28.2 Å². The number of carbonyl (C=O) groups excluding carboxylic acids is 2. The van der Waals surface area contributed by atoms with Gasteiger partial charge in [-0.15, -0.1) is 0 Å². The minimum Gasteiger partial charge on any atom is -0.465 e. The Kier molecular flexibility index (Phi) is 9.09. The van der Waals surface area contributed by atoms with Gasteiger partial charge in [-0.25, -0.2) is 9.78 Å². The van der Waals surface area contributed by atoms with E-state index < -0.39 is 11.2 Å². The number of hydrogen-bond donors (Lipinski definition) is 1. The minimum atomic E-state index is -0.494. The van der Waals surface area contributed by atoms with Gasteiger partial charge in [0, 0.05) is 12.6 Å². The van der Waals surface area contributed by atoms with Gasteiger partial charge in [-0.3, -0.25) is 14.2 Å². The summed E-state index contributed by atoms with van der Waals surface area (Å²) in [6.45, 7) is 8.33. The molecule has 2 atom stereocenters. The maximum atomic E-state index is 13.3. The summed E-state index contributed by atoms with van der Waals surface area (Å²) >= 11 is 1.25. The number of methoxy groups -OCH3 is 1. The molecule has 0 bridgehead atoms. The lowest BCUT2D eigenvalue weighted by Gasteiger charge is -2.20. The average Bonchev–Trinajstić information content (AvgIpc) is 2.84. The normalized spacial score (nSPS) is 13.0. The Morgan fingerprint density at radius 3 is 2.46 bits per heavy atom. The number of benzene rings is 2. The first-order valence-corrected chi connectivity index (χ1v) is 12.7. The van der Waals surface area contributed by atoms with E-state index in [4.69, 9.17) is 4.74 Å². The van der Waals surface area contributed by atoms with Crippen LogP contribution in [0.5, 0.6) is 0 Å². The highest BCUT2D eigenvalue weighted by atomic mass is 32.2. The first kappa shape index (κ1) is 26.5. The molecule has 1 heterocycles. The van der Waals surface area contributed by atoms with Crippen LogP contribution in [0.15, 0.2) is 58.5 Å². The molecule has 3 aromatic rings. The highest BCUT2D eigenvalue weighted by Crippen LogP contribution is 2.24. The molecule has 0 aliphatic heterocycles. The number of rotatable bonds is 10. The molecule has 0 aliphatic carbocycles. The molecular formula is C27H33N3O4S. The Morgan fingerprint density at radius 1 is 1.09 bits per heavy atom. The van der Waals surface area contributed by atoms with Gasteiger partial charge in [-0.05, 0) is 56.4 Å². The van der Waals surface area contributed by atoms with Crippen molar-refractivity contribution in [2.24, 2.45) is 5.92 Å². The van der Waals surface area contributed by atoms with Crippen LogP contribution in [0.1, 0.15) is 50.0 Å². The number of ether oxygens (including phenoxy) is 1. The third-order valence-electron chi connectivity index (χ3n) is 5.64. The Labute approximate surface area is 210 Å². The number of nitrogens with zero attached hydrogens (tertiary/aromatic N) is 2. The van der Waals surface area contributed by atoms with Crippen molar-refractivity contribution in [2.45, 2.75) is 63.5 Å². The first-order chi connectivity index (χ1) is 16.7. The van der Waals surface area contributed by atoms with Gasteiger partial charge in [0.2, 0.25) is 5.91 Å². The molecule has 0 saturated heterocycles. The lowest BCUT2D eigenvalue weighted by atomic mass is 10.1. The van der Waals surface area contributed by atoms with Crippen molar-refractivity contribution in [3.05, 3.63) is 70.0 Å². The van der Waals surface area contributed by atoms with E-state index in [1.807, 2.05) is 45.9 Å². The number of nitrogens with one attached hydrogen (secondary N) is 1. The molecule has 3 rings (SSSR count). The molecule has 2 unspecified atom stereocenters. The fourth-order valence-electron chi connectivity index (χ4n) is 3.73. The average molecular weight is 496 g/mol. The predicted molar refractivity (Wildman–Crippen MR) is 140 cm³/mol. The Morgan fingerprint density at radius 2 is 1.80 bits per heavy atom. The highest BCUT2D eigenvalue weighted by Gasteiger charge is 2.21. The number of aryl methyl sites for hydroxylation is 1. The van der Waals surface area contributed by atoms with Crippen molar-refractivity contribution in [2.75, 3.05) is 7.11 Å². The zero-order valence-electron chi connectivity index (χ0n) is 20.9. The maximum Gasteiger partial charge on any atom is 0.337 e. The molecule has 0 saturated carbocycles. The first-order valence-electron chi connectivity index (χ1n) is 11.8. The Hall–Kier alpha value is -3.13. The second kappa shape index (κ2) is 12.0. The largest absolute Gasteiger partial charge is 0.465 e. The van der Waals surface area contributed by atoms with E-state index in [9.17, 15) is 14.4 Å². The van der Waals surface area contributed by atoms with Crippen LogP contribution < -0.4 is 10.9 Å². The second-order valence-electron chi connectivity index (χ2n) is 9.12. The monoisotopic (exact) mass is 495 g/mol. The Bertz CT molecular complexity index is 1240. The third-order valence-corrected chi connectivity index (χ3v) is 6.73. The lowest BCUT2D eigenvalue weighted by Crippen LogP contribution is -2.38. The molecule has 0 aliphatic rings. The van der Waals surface area contributed by atoms with Gasteiger partial charge in [0.1, 0.15) is 0 Å². The molecule has 2 aromatic carbocycles. The van der Waals surface area contributed by atoms with E-state index in [2.05, 4.69) is 22.4 Å². The van der Waals surface area contributed by atoms with Crippen LogP contribution in [-0.2, 0) is 22.5 Å². The molecular weight excluding hydrogens is 462 g/mol. The molecule has 0 fully saturated rings. The summed E-state index contributed by atoms with van der Waals surface area (Å²) in [4.78, 5) is 42.8. The number of carbonyl (C=O) groups is 2. The highest BCUT2D eigenvalue weighted by molar-refractivity contribution is 8.00. The topological polar surface area (TPSA) is 90.3 Å². The minimum absolute atomic E-state index is 0.00999. The van der Waals surface area contributed by atoms with Crippen molar-refractivity contribution in [1.82, 2.24) is 14.9 Å². The molecule has 186 valence electrons. The summed E-state index contributed by atoms with van der Waals surface area (Å²) < 4.78 is 6.42. The molecule has 8 heteroatoms. The molecule has 1 amide bonds. The molecule has 7 nitrogen and oxygen atoms in total. The zero-order valence-corrected chi connectivity index (χ0v) is 21.7. The van der Waals surface area contributed by atoms with Crippen LogP contribution in [0.25, 0.3) is 10.9 Å². The van der Waals surface area contributed by atoms with Gasteiger partial charge in [0.25, 0.3) is 5.56 Å². The third kappa shape index (κ3) is 6.94. The number of hydrogen-bond acceptors (Lipinski definition) is 6. The molecule has 0 radical (unpaired) electrons. The summed E-state index contributed by atoms with van der Waals surface area (Å²) in [6, 6.07) is 14.9. The summed E-state index contributed by atoms with van der Waals surface area (Å²) in [5, 5.41) is 3.50. The molecule has 35 heavy (non-hydrogen) atoms. The van der Waals surface area contributed by atoms with Gasteiger partial charge in [-0.1, -0.05) is 55.9 Å². The van der Waals surface area contributed by atoms with Crippen LogP contribution in [0.2, 0.25) is 0 Å². The summed E-state index contributed by atoms with van der Waals surface area (Å²) in [5.74, 6) is -0.390. The van der Waals surface area contributed by atoms with Crippen molar-refractivity contribution >= 4 is 34.5 Å². The fraction of sp³-hybridized carbons (Fsp3) is 0.407. The number of thioether (sulfide) groups is 1. The van der Waals surface area contributed by atoms with Crippen molar-refractivity contribution in [3.8, 4) is 0 Å². The smallest absolute Gasteiger partial charge is 0.337 e. The van der Waals surface area contributed by atoms with Gasteiger partial charge in [0.05, 0.1) is 28.8 Å². The Balaban J connectivity index is 1.80. The van der Waals surface area contributed by atoms with E-state index in [0.717, 1.165) is 12.8 Å². The van der Waals surface area contributed by atoms with E-state index in [-0.39, 0.29) is 23.4 Å². The maximum absolute atomic E-state index is 13.3. The number of fused-ring (bicyclic) bond motifs is 1. The van der Waals surface area contributed by atoms with Crippen molar-refractivity contribution in [1.29, 1.82) is 0 Å². The SMILES string of the molecule is COC(=O)c1ccc2c(=O)n(CC(C)C)c(SC(C)C(=O)NC(C)CCc3ccccc3)nc2c1. The van der Waals surface area contributed by atoms with Gasteiger partial charge in [-0.2, -0.15) is 0 Å². The van der Waals surface area contributed by atoms with Gasteiger partial charge < -0.3 is 10.1 Å². The zero-order chi connectivity index (χ0) is 25.5. The number of amides is 1. The number of esters is 1. The fourth-order valence-corrected chi connectivity index (χ4v) is 4.66. The number of aromatic nitrogens is 2. The summed E-state index contributed by atoms with van der Waals surface area (Å²) in [7, 11) is 1.31. The van der Waals surface area contributed by atoms with E-state index in [1.165, 1.54) is 24.4 Å². The van der Waals surface area contributed by atoms with E-state index in [1.54, 1.807) is 22.8 Å². The lowest BCUT2D eigenvalue weighted by molar-refractivity contribution is -0.120.